The summed E-state index contributed by atoms with van der Waals surface area (Å²) in [6.45, 7) is 0. The third kappa shape index (κ3) is 4.71. The number of hydrogen-bond donors (Lipinski definition) is 0. The van der Waals surface area contributed by atoms with Gasteiger partial charge in [0.1, 0.15) is 11.9 Å². The summed E-state index contributed by atoms with van der Waals surface area (Å²) in [7, 11) is -1.64. The monoisotopic (exact) mass is 231 g/mol. The van der Waals surface area contributed by atoms with Crippen LogP contribution in [0.15, 0.2) is 30.3 Å². The average Bonchev–Trinajstić information content (AvgIpc) is 2.25. The minimum Gasteiger partial charge on any atom is -0.0622 e. The number of unbranched alkanes of at least 4 members (excludes halogenated alkanes) is 1. The fourth-order valence-electron chi connectivity index (χ4n) is 1.25. The molecule has 1 aromatic carbocycles. The summed E-state index contributed by atoms with van der Waals surface area (Å²) in [4.78, 5) is 0. The SMILES string of the molecule is O=[P+](CCCCc1ccccc1)OCl. The Balaban J connectivity index is 2.13. The lowest BCUT2D eigenvalue weighted by Crippen LogP contribution is -1.86. The first-order chi connectivity index (χ1) is 6.83. The molecule has 0 amide bonds. The highest BCUT2D eigenvalue weighted by molar-refractivity contribution is 7.40. The van der Waals surface area contributed by atoms with E-state index in [4.69, 9.17) is 11.9 Å². The van der Waals surface area contributed by atoms with Crippen LogP contribution in [0.3, 0.4) is 0 Å². The van der Waals surface area contributed by atoms with Crippen LogP contribution in [-0.4, -0.2) is 6.16 Å². The molecule has 1 aromatic rings. The average molecular weight is 232 g/mol. The zero-order valence-electron chi connectivity index (χ0n) is 7.86. The van der Waals surface area contributed by atoms with E-state index in [0.29, 0.717) is 6.16 Å². The van der Waals surface area contributed by atoms with Crippen LogP contribution in [0.5, 0.6) is 0 Å². The van der Waals surface area contributed by atoms with E-state index in [-0.39, 0.29) is 0 Å². The summed E-state index contributed by atoms with van der Waals surface area (Å²) in [6.07, 6.45) is 3.47. The van der Waals surface area contributed by atoms with Gasteiger partial charge in [-0.3, -0.25) is 0 Å². The van der Waals surface area contributed by atoms with Gasteiger partial charge in [-0.2, -0.15) is 0 Å². The number of halogens is 1. The Morgan fingerprint density at radius 3 is 2.57 bits per heavy atom. The molecule has 2 nitrogen and oxygen atoms in total. The van der Waals surface area contributed by atoms with E-state index in [9.17, 15) is 4.57 Å². The zero-order valence-corrected chi connectivity index (χ0v) is 9.51. The summed E-state index contributed by atoms with van der Waals surface area (Å²) in [5.74, 6) is 0. The third-order valence-corrected chi connectivity index (χ3v) is 3.27. The summed E-state index contributed by atoms with van der Waals surface area (Å²) in [5.41, 5.74) is 1.31. The number of hydrogen-bond acceptors (Lipinski definition) is 2. The Morgan fingerprint density at radius 2 is 1.93 bits per heavy atom. The van der Waals surface area contributed by atoms with Gasteiger partial charge in [0.25, 0.3) is 0 Å². The van der Waals surface area contributed by atoms with Gasteiger partial charge in [0.15, 0.2) is 6.16 Å². The fourth-order valence-corrected chi connectivity index (χ4v) is 2.01. The predicted octanol–water partition coefficient (Wildman–Crippen LogP) is 3.92. The molecule has 0 fully saturated rings. The maximum absolute atomic E-state index is 10.8. The summed E-state index contributed by atoms with van der Waals surface area (Å²) >= 11 is 4.96. The highest BCUT2D eigenvalue weighted by Crippen LogP contribution is 2.25. The lowest BCUT2D eigenvalue weighted by Gasteiger charge is -1.97. The standard InChI is InChI=1S/C10H13ClO2P/c11-13-14(12)9-5-4-8-10-6-2-1-3-7-10/h1-3,6-7H,4-5,8-9H2/q+1. The minimum absolute atomic E-state index is 0.547. The molecule has 1 atom stereocenters. The smallest absolute Gasteiger partial charge is 0.0622 e. The molecule has 0 aliphatic heterocycles. The maximum atomic E-state index is 10.8. The number of aryl methyl sites for hydroxylation is 1. The lowest BCUT2D eigenvalue weighted by molar-refractivity contribution is 0.523. The van der Waals surface area contributed by atoms with Crippen LogP contribution in [0.4, 0.5) is 0 Å². The summed E-state index contributed by atoms with van der Waals surface area (Å²) in [6, 6.07) is 10.2. The molecular weight excluding hydrogens is 219 g/mol. The van der Waals surface area contributed by atoms with Gasteiger partial charge in [-0.15, -0.1) is 0 Å². The van der Waals surface area contributed by atoms with E-state index in [1.165, 1.54) is 5.56 Å². The first-order valence-corrected chi connectivity index (χ1v) is 6.27. The highest BCUT2D eigenvalue weighted by Gasteiger charge is 2.14. The second-order valence-electron chi connectivity index (χ2n) is 3.07. The topological polar surface area (TPSA) is 26.3 Å². The van der Waals surface area contributed by atoms with Gasteiger partial charge in [-0.05, 0) is 33.5 Å². The van der Waals surface area contributed by atoms with Crippen molar-refractivity contribution >= 4 is 19.9 Å². The van der Waals surface area contributed by atoms with E-state index < -0.39 is 8.03 Å². The molecule has 76 valence electrons. The van der Waals surface area contributed by atoms with Crippen molar-refractivity contribution in [3.8, 4) is 0 Å². The molecular formula is C10H13ClO2P+. The second-order valence-corrected chi connectivity index (χ2v) is 4.73. The summed E-state index contributed by atoms with van der Waals surface area (Å²) < 4.78 is 15.0. The Morgan fingerprint density at radius 1 is 1.21 bits per heavy atom. The molecule has 14 heavy (non-hydrogen) atoms. The van der Waals surface area contributed by atoms with Crippen LogP contribution in [0, 0.1) is 0 Å². The van der Waals surface area contributed by atoms with Crippen LogP contribution < -0.4 is 0 Å². The van der Waals surface area contributed by atoms with Crippen molar-refractivity contribution in [3.63, 3.8) is 0 Å². The third-order valence-electron chi connectivity index (χ3n) is 1.98. The predicted molar refractivity (Wildman–Crippen MR) is 58.8 cm³/mol. The molecule has 4 heteroatoms. The number of rotatable bonds is 6. The molecule has 0 aromatic heterocycles. The molecule has 0 heterocycles. The zero-order chi connectivity index (χ0) is 10.2. The van der Waals surface area contributed by atoms with Crippen LogP contribution in [0.25, 0.3) is 0 Å². The molecule has 0 spiro atoms. The molecule has 0 saturated heterocycles. The molecule has 0 N–H and O–H groups in total. The Labute approximate surface area is 90.3 Å². The van der Waals surface area contributed by atoms with Crippen molar-refractivity contribution in [1.82, 2.24) is 0 Å². The lowest BCUT2D eigenvalue weighted by atomic mass is 10.1. The van der Waals surface area contributed by atoms with E-state index in [2.05, 4.69) is 16.2 Å². The normalized spacial score (nSPS) is 11.4. The Kier molecular flexibility index (Phi) is 5.77. The van der Waals surface area contributed by atoms with Gasteiger partial charge < -0.3 is 0 Å². The van der Waals surface area contributed by atoms with Crippen molar-refractivity contribution in [3.05, 3.63) is 35.9 Å². The number of benzene rings is 1. The van der Waals surface area contributed by atoms with Crippen LogP contribution in [-0.2, 0) is 15.1 Å². The van der Waals surface area contributed by atoms with Gasteiger partial charge in [-0.1, -0.05) is 30.3 Å². The molecule has 0 radical (unpaired) electrons. The van der Waals surface area contributed by atoms with Gasteiger partial charge in [0.05, 0.1) is 0 Å². The van der Waals surface area contributed by atoms with E-state index in [0.717, 1.165) is 19.3 Å². The van der Waals surface area contributed by atoms with E-state index >= 15 is 0 Å². The molecule has 0 aliphatic rings. The maximum Gasteiger partial charge on any atom is 0.526 e. The minimum atomic E-state index is -1.64. The van der Waals surface area contributed by atoms with Gasteiger partial charge in [-0.25, -0.2) is 0 Å². The molecule has 0 saturated carbocycles. The van der Waals surface area contributed by atoms with Crippen molar-refractivity contribution in [2.24, 2.45) is 0 Å². The van der Waals surface area contributed by atoms with Crippen molar-refractivity contribution in [2.45, 2.75) is 19.3 Å². The van der Waals surface area contributed by atoms with Gasteiger partial charge in [0.2, 0.25) is 0 Å². The van der Waals surface area contributed by atoms with Crippen LogP contribution >= 0.6 is 19.9 Å². The largest absolute Gasteiger partial charge is 0.526 e. The quantitative estimate of drug-likeness (QED) is 0.548. The second kappa shape index (κ2) is 6.94. The fraction of sp³-hybridized carbons (Fsp3) is 0.400. The van der Waals surface area contributed by atoms with E-state index in [1.54, 1.807) is 0 Å². The Hall–Kier alpha value is -0.430. The molecule has 1 rings (SSSR count). The van der Waals surface area contributed by atoms with Crippen LogP contribution in [0.1, 0.15) is 18.4 Å². The highest BCUT2D eigenvalue weighted by atomic mass is 35.5. The van der Waals surface area contributed by atoms with Gasteiger partial charge >= 0.3 is 8.03 Å². The van der Waals surface area contributed by atoms with E-state index in [1.807, 2.05) is 18.2 Å². The van der Waals surface area contributed by atoms with Crippen molar-refractivity contribution < 1.29 is 8.64 Å². The van der Waals surface area contributed by atoms with Crippen molar-refractivity contribution in [1.29, 1.82) is 0 Å². The summed E-state index contributed by atoms with van der Waals surface area (Å²) in [5, 5.41) is 0. The van der Waals surface area contributed by atoms with Crippen molar-refractivity contribution in [2.75, 3.05) is 6.16 Å². The first kappa shape index (κ1) is 11.6. The van der Waals surface area contributed by atoms with Gasteiger partial charge in [0, 0.05) is 0 Å². The first-order valence-electron chi connectivity index (χ1n) is 4.60. The van der Waals surface area contributed by atoms with Crippen LogP contribution in [0.2, 0.25) is 0 Å². The Bertz CT molecular complexity index is 277. The molecule has 0 bridgehead atoms. The molecule has 1 unspecified atom stereocenters. The molecule has 0 aliphatic carbocycles.